The Morgan fingerprint density at radius 2 is 2.44 bits per heavy atom. The summed E-state index contributed by atoms with van der Waals surface area (Å²) in [7, 11) is 1.41. The van der Waals surface area contributed by atoms with Gasteiger partial charge in [-0.25, -0.2) is 0 Å². The van der Waals surface area contributed by atoms with Gasteiger partial charge in [-0.2, -0.15) is 11.8 Å². The quantitative estimate of drug-likeness (QED) is 0.494. The summed E-state index contributed by atoms with van der Waals surface area (Å²) < 4.78 is 4.57. The molecule has 0 atom stereocenters. The molecule has 0 aliphatic carbocycles. The molecule has 0 amide bonds. The van der Waals surface area contributed by atoms with Crippen molar-refractivity contribution in [3.8, 4) is 11.8 Å². The van der Waals surface area contributed by atoms with Crippen LogP contribution in [-0.4, -0.2) is 30.5 Å². The van der Waals surface area contributed by atoms with Crippen LogP contribution < -0.4 is 0 Å². The fraction of sp³-hybridized carbons (Fsp3) is 0.462. The molecular formula is C13H16O3S2. The highest BCUT2D eigenvalue weighted by Crippen LogP contribution is 2.20. The fourth-order valence-electron chi connectivity index (χ4n) is 1.17. The van der Waals surface area contributed by atoms with E-state index in [1.807, 2.05) is 5.38 Å². The first kappa shape index (κ1) is 15.1. The summed E-state index contributed by atoms with van der Waals surface area (Å²) in [4.78, 5) is 12.2. The lowest BCUT2D eigenvalue weighted by atomic mass is 10.3. The van der Waals surface area contributed by atoms with Gasteiger partial charge in [-0.1, -0.05) is 11.8 Å². The third-order valence-corrected chi connectivity index (χ3v) is 4.17. The molecule has 1 N–H and O–H groups in total. The van der Waals surface area contributed by atoms with Gasteiger partial charge in [0.1, 0.15) is 0 Å². The van der Waals surface area contributed by atoms with E-state index in [1.165, 1.54) is 12.0 Å². The van der Waals surface area contributed by atoms with Crippen LogP contribution in [0.15, 0.2) is 11.4 Å². The number of carbonyl (C=O) groups is 1. The first-order valence-electron chi connectivity index (χ1n) is 5.58. The van der Waals surface area contributed by atoms with Gasteiger partial charge in [-0.15, -0.1) is 11.3 Å². The van der Waals surface area contributed by atoms with Crippen LogP contribution in [0.5, 0.6) is 0 Å². The lowest BCUT2D eigenvalue weighted by Crippen LogP contribution is -2.00. The molecule has 0 saturated carbocycles. The number of thioether (sulfide) groups is 1. The maximum atomic E-state index is 10.9. The van der Waals surface area contributed by atoms with E-state index in [0.717, 1.165) is 17.1 Å². The van der Waals surface area contributed by atoms with Crippen LogP contribution in [0.4, 0.5) is 0 Å². The van der Waals surface area contributed by atoms with Crippen molar-refractivity contribution in [2.45, 2.75) is 18.6 Å². The molecule has 0 saturated heterocycles. The van der Waals surface area contributed by atoms with Crippen LogP contribution in [0.25, 0.3) is 0 Å². The number of thiophene rings is 1. The van der Waals surface area contributed by atoms with E-state index in [-0.39, 0.29) is 12.6 Å². The Labute approximate surface area is 116 Å². The number of methoxy groups -OCH3 is 1. The molecule has 0 spiro atoms. The van der Waals surface area contributed by atoms with E-state index in [1.54, 1.807) is 23.1 Å². The fourth-order valence-corrected chi connectivity index (χ4v) is 3.04. The third kappa shape index (κ3) is 6.10. The molecule has 18 heavy (non-hydrogen) atoms. The van der Waals surface area contributed by atoms with E-state index in [2.05, 4.69) is 22.6 Å². The standard InChI is InChI=1S/C13H16O3S2/c1-16-13(15)5-7-17-10-12-8-11(9-18-12)4-2-3-6-14/h8-9,14H,3,5-7,10H2,1H3. The van der Waals surface area contributed by atoms with E-state index < -0.39 is 0 Å². The number of esters is 1. The highest BCUT2D eigenvalue weighted by atomic mass is 32.2. The Morgan fingerprint density at radius 1 is 1.61 bits per heavy atom. The SMILES string of the molecule is COC(=O)CCSCc1cc(C#CCCO)cs1. The summed E-state index contributed by atoms with van der Waals surface area (Å²) in [5.74, 6) is 7.40. The van der Waals surface area contributed by atoms with Gasteiger partial charge in [0.05, 0.1) is 20.1 Å². The zero-order valence-corrected chi connectivity index (χ0v) is 11.9. The van der Waals surface area contributed by atoms with E-state index in [9.17, 15) is 4.79 Å². The molecule has 1 aromatic heterocycles. The van der Waals surface area contributed by atoms with Crippen molar-refractivity contribution < 1.29 is 14.6 Å². The summed E-state index contributed by atoms with van der Waals surface area (Å²) in [6.45, 7) is 0.105. The van der Waals surface area contributed by atoms with Gasteiger partial charge >= 0.3 is 5.97 Å². The minimum Gasteiger partial charge on any atom is -0.469 e. The highest BCUT2D eigenvalue weighted by molar-refractivity contribution is 7.98. The second kappa shape index (κ2) is 9.03. The maximum absolute atomic E-state index is 10.9. The van der Waals surface area contributed by atoms with Crippen LogP contribution in [0, 0.1) is 11.8 Å². The number of ether oxygens (including phenoxy) is 1. The van der Waals surface area contributed by atoms with Crippen molar-refractivity contribution in [1.82, 2.24) is 0 Å². The van der Waals surface area contributed by atoms with Gasteiger partial charge in [-0.05, 0) is 6.07 Å². The maximum Gasteiger partial charge on any atom is 0.306 e. The summed E-state index contributed by atoms with van der Waals surface area (Å²) in [5, 5.41) is 10.6. The van der Waals surface area contributed by atoms with E-state index in [4.69, 9.17) is 5.11 Å². The molecule has 0 bridgehead atoms. The van der Waals surface area contributed by atoms with Gasteiger partial charge in [0, 0.05) is 33.7 Å². The Bertz CT molecular complexity index is 429. The van der Waals surface area contributed by atoms with Crippen LogP contribution in [0.3, 0.4) is 0 Å². The number of hydrogen-bond donors (Lipinski definition) is 1. The molecule has 0 unspecified atom stereocenters. The first-order chi connectivity index (χ1) is 8.76. The Hall–Kier alpha value is -0.960. The average molecular weight is 284 g/mol. The summed E-state index contributed by atoms with van der Waals surface area (Å²) >= 11 is 3.38. The number of hydrogen-bond acceptors (Lipinski definition) is 5. The number of carbonyl (C=O) groups excluding carboxylic acids is 1. The molecule has 0 aliphatic heterocycles. The van der Waals surface area contributed by atoms with Crippen LogP contribution in [0.2, 0.25) is 0 Å². The zero-order valence-electron chi connectivity index (χ0n) is 10.3. The van der Waals surface area contributed by atoms with Gasteiger partial charge < -0.3 is 9.84 Å². The molecule has 3 nitrogen and oxygen atoms in total. The van der Waals surface area contributed by atoms with Crippen molar-refractivity contribution in [2.24, 2.45) is 0 Å². The minimum absolute atomic E-state index is 0.105. The van der Waals surface area contributed by atoms with Crippen molar-refractivity contribution in [2.75, 3.05) is 19.5 Å². The molecule has 98 valence electrons. The molecule has 0 radical (unpaired) electrons. The number of aliphatic hydroxyl groups excluding tert-OH is 1. The Balaban J connectivity index is 2.27. The lowest BCUT2D eigenvalue weighted by molar-refractivity contribution is -0.140. The van der Waals surface area contributed by atoms with Crippen molar-refractivity contribution in [3.05, 3.63) is 21.9 Å². The first-order valence-corrected chi connectivity index (χ1v) is 7.61. The van der Waals surface area contributed by atoms with Crippen molar-refractivity contribution >= 4 is 29.1 Å². The molecule has 0 fully saturated rings. The second-order valence-electron chi connectivity index (χ2n) is 3.46. The molecule has 5 heteroatoms. The van der Waals surface area contributed by atoms with E-state index in [0.29, 0.717) is 12.8 Å². The van der Waals surface area contributed by atoms with Crippen LogP contribution in [0.1, 0.15) is 23.3 Å². The predicted octanol–water partition coefficient (Wildman–Crippen LogP) is 2.28. The Morgan fingerprint density at radius 3 is 3.17 bits per heavy atom. The van der Waals surface area contributed by atoms with Crippen molar-refractivity contribution in [3.63, 3.8) is 0 Å². The lowest BCUT2D eigenvalue weighted by Gasteiger charge is -1.98. The van der Waals surface area contributed by atoms with E-state index >= 15 is 0 Å². The molecule has 0 aromatic carbocycles. The number of aliphatic hydroxyl groups is 1. The largest absolute Gasteiger partial charge is 0.469 e. The van der Waals surface area contributed by atoms with Crippen LogP contribution in [-0.2, 0) is 15.3 Å². The molecule has 1 aromatic rings. The minimum atomic E-state index is -0.163. The smallest absolute Gasteiger partial charge is 0.306 e. The average Bonchev–Trinajstić information content (AvgIpc) is 2.82. The van der Waals surface area contributed by atoms with Gasteiger partial charge in [0.15, 0.2) is 0 Å². The van der Waals surface area contributed by atoms with Crippen LogP contribution >= 0.6 is 23.1 Å². The predicted molar refractivity (Wildman–Crippen MR) is 75.7 cm³/mol. The monoisotopic (exact) mass is 284 g/mol. The topological polar surface area (TPSA) is 46.5 Å². The van der Waals surface area contributed by atoms with Gasteiger partial charge in [0.2, 0.25) is 0 Å². The molecule has 0 aliphatic rings. The number of rotatable bonds is 6. The Kier molecular flexibility index (Phi) is 7.58. The van der Waals surface area contributed by atoms with Crippen molar-refractivity contribution in [1.29, 1.82) is 0 Å². The van der Waals surface area contributed by atoms with Gasteiger partial charge in [-0.3, -0.25) is 4.79 Å². The molecule has 1 heterocycles. The molecular weight excluding hydrogens is 268 g/mol. The third-order valence-electron chi connectivity index (χ3n) is 2.05. The summed E-state index contributed by atoms with van der Waals surface area (Å²) in [6, 6.07) is 2.06. The zero-order chi connectivity index (χ0) is 13.2. The normalized spacial score (nSPS) is 9.67. The summed E-state index contributed by atoms with van der Waals surface area (Å²) in [5.41, 5.74) is 0.997. The summed E-state index contributed by atoms with van der Waals surface area (Å²) in [6.07, 6.45) is 0.967. The van der Waals surface area contributed by atoms with Gasteiger partial charge in [0.25, 0.3) is 0 Å². The highest BCUT2D eigenvalue weighted by Gasteiger charge is 2.01. The molecule has 1 rings (SSSR count). The second-order valence-corrected chi connectivity index (χ2v) is 5.56.